The van der Waals surface area contributed by atoms with Crippen LogP contribution in [0.3, 0.4) is 0 Å². The Bertz CT molecular complexity index is 619. The van der Waals surface area contributed by atoms with Crippen LogP contribution in [0.1, 0.15) is 33.6 Å². The lowest BCUT2D eigenvalue weighted by Gasteiger charge is -2.41. The van der Waals surface area contributed by atoms with E-state index in [1.807, 2.05) is 13.8 Å². The van der Waals surface area contributed by atoms with E-state index < -0.39 is 66.8 Å². The Morgan fingerprint density at radius 1 is 1.19 bits per heavy atom. The number of hydrogen-bond donors (Lipinski definition) is 6. The maximum Gasteiger partial charge on any atom is 0.306 e. The Hall–Kier alpha value is -1.11. The smallest absolute Gasteiger partial charge is 0.306 e. The van der Waals surface area contributed by atoms with E-state index >= 15 is 0 Å². The fourth-order valence-electron chi connectivity index (χ4n) is 4.24. The van der Waals surface area contributed by atoms with Crippen LogP contribution in [0.2, 0.25) is 0 Å². The summed E-state index contributed by atoms with van der Waals surface area (Å²) in [5, 5.41) is 60.1. The lowest BCUT2D eigenvalue weighted by molar-refractivity contribution is -0.306. The first kappa shape index (κ1) is 26.1. The highest BCUT2D eigenvalue weighted by Gasteiger charge is 2.54. The first-order valence-corrected chi connectivity index (χ1v) is 10.6. The lowest BCUT2D eigenvalue weighted by atomic mass is 9.84. The van der Waals surface area contributed by atoms with Gasteiger partial charge in [-0.05, 0) is 30.8 Å². The first-order chi connectivity index (χ1) is 14.4. The molecule has 10 heteroatoms. The normalized spacial score (nSPS) is 40.8. The van der Waals surface area contributed by atoms with Gasteiger partial charge in [0.05, 0.1) is 19.8 Å². The monoisotopic (exact) mass is 448 g/mol. The summed E-state index contributed by atoms with van der Waals surface area (Å²) in [6.45, 7) is 8.00. The summed E-state index contributed by atoms with van der Waals surface area (Å²) in [5.74, 6) is -1.46. The van der Waals surface area contributed by atoms with Gasteiger partial charge in [0.1, 0.15) is 36.1 Å². The van der Waals surface area contributed by atoms with Crippen molar-refractivity contribution >= 4 is 5.97 Å². The minimum absolute atomic E-state index is 0.0902. The molecule has 0 bridgehead atoms. The molecule has 9 atom stereocenters. The Labute approximate surface area is 182 Å². The van der Waals surface area contributed by atoms with Gasteiger partial charge in [-0.3, -0.25) is 4.79 Å². The highest BCUT2D eigenvalue weighted by Crippen LogP contribution is 2.45. The van der Waals surface area contributed by atoms with Gasteiger partial charge in [0.25, 0.3) is 0 Å². The van der Waals surface area contributed by atoms with Gasteiger partial charge in [-0.15, -0.1) is 0 Å². The molecule has 0 aromatic rings. The van der Waals surface area contributed by atoms with Crippen LogP contribution in [0.4, 0.5) is 0 Å². The van der Waals surface area contributed by atoms with Crippen molar-refractivity contribution < 1.29 is 49.6 Å². The fourth-order valence-corrected chi connectivity index (χ4v) is 4.24. The Balaban J connectivity index is 2.14. The number of carbonyl (C=O) groups is 1. The van der Waals surface area contributed by atoms with Gasteiger partial charge in [-0.25, -0.2) is 0 Å². The van der Waals surface area contributed by atoms with Crippen molar-refractivity contribution in [2.75, 3.05) is 19.8 Å². The lowest BCUT2D eigenvalue weighted by Crippen LogP contribution is -2.59. The third kappa shape index (κ3) is 5.82. The summed E-state index contributed by atoms with van der Waals surface area (Å²) in [5.41, 5.74) is -1.09. The molecule has 2 rings (SSSR count). The summed E-state index contributed by atoms with van der Waals surface area (Å²) >= 11 is 0. The third-order valence-electron chi connectivity index (χ3n) is 6.22. The van der Waals surface area contributed by atoms with Crippen molar-refractivity contribution in [1.29, 1.82) is 0 Å². The summed E-state index contributed by atoms with van der Waals surface area (Å²) in [6, 6.07) is 0. The van der Waals surface area contributed by atoms with E-state index in [1.165, 1.54) is 6.92 Å². The van der Waals surface area contributed by atoms with Crippen LogP contribution in [-0.4, -0.2) is 98.8 Å². The molecule has 1 aliphatic heterocycles. The second kappa shape index (κ2) is 10.7. The maximum absolute atomic E-state index is 12.2. The van der Waals surface area contributed by atoms with Crippen LogP contribution in [-0.2, 0) is 19.0 Å². The zero-order valence-corrected chi connectivity index (χ0v) is 18.3. The van der Waals surface area contributed by atoms with Gasteiger partial charge in [0, 0.05) is 12.3 Å². The van der Waals surface area contributed by atoms with E-state index in [2.05, 4.69) is 6.58 Å². The summed E-state index contributed by atoms with van der Waals surface area (Å²) < 4.78 is 16.5. The van der Waals surface area contributed by atoms with Crippen LogP contribution in [0.25, 0.3) is 0 Å². The van der Waals surface area contributed by atoms with E-state index in [1.54, 1.807) is 0 Å². The Morgan fingerprint density at radius 2 is 1.84 bits per heavy atom. The minimum atomic E-state index is -1.59. The van der Waals surface area contributed by atoms with Crippen molar-refractivity contribution in [3.63, 3.8) is 0 Å². The van der Waals surface area contributed by atoms with Gasteiger partial charge in [0.2, 0.25) is 0 Å². The number of rotatable bonds is 9. The molecule has 31 heavy (non-hydrogen) atoms. The molecule has 180 valence electrons. The number of carbonyl (C=O) groups excluding carboxylic acids is 1. The van der Waals surface area contributed by atoms with Crippen LogP contribution in [0.15, 0.2) is 12.2 Å². The summed E-state index contributed by atoms with van der Waals surface area (Å²) in [6.07, 6.45) is -7.59. The van der Waals surface area contributed by atoms with Crippen LogP contribution in [0, 0.1) is 17.8 Å². The quantitative estimate of drug-likeness (QED) is 0.184. The molecular weight excluding hydrogens is 412 g/mol. The van der Waals surface area contributed by atoms with E-state index in [0.717, 1.165) is 0 Å². The van der Waals surface area contributed by atoms with Crippen molar-refractivity contribution in [3.8, 4) is 0 Å². The molecular formula is C21H36O10. The highest BCUT2D eigenvalue weighted by atomic mass is 16.7. The fraction of sp³-hybridized carbons (Fsp3) is 0.857. The molecule has 6 N–H and O–H groups in total. The molecule has 1 saturated carbocycles. The van der Waals surface area contributed by atoms with Crippen LogP contribution < -0.4 is 0 Å². The highest BCUT2D eigenvalue weighted by molar-refractivity contribution is 5.70. The third-order valence-corrected chi connectivity index (χ3v) is 6.22. The average molecular weight is 449 g/mol. The number of hydrogen-bond acceptors (Lipinski definition) is 10. The van der Waals surface area contributed by atoms with Crippen molar-refractivity contribution in [2.45, 2.75) is 76.0 Å². The molecule has 2 fully saturated rings. The van der Waals surface area contributed by atoms with Gasteiger partial charge < -0.3 is 44.8 Å². The van der Waals surface area contributed by atoms with E-state index in [-0.39, 0.29) is 32.0 Å². The molecule has 1 heterocycles. The van der Waals surface area contributed by atoms with Crippen molar-refractivity contribution in [1.82, 2.24) is 0 Å². The molecule has 2 aliphatic rings. The van der Waals surface area contributed by atoms with E-state index in [0.29, 0.717) is 5.57 Å². The van der Waals surface area contributed by atoms with Gasteiger partial charge >= 0.3 is 5.97 Å². The molecule has 1 aliphatic carbocycles. The molecule has 0 radical (unpaired) electrons. The van der Waals surface area contributed by atoms with Crippen molar-refractivity contribution in [3.05, 3.63) is 12.2 Å². The molecule has 10 nitrogen and oxygen atoms in total. The number of aliphatic hydroxyl groups is 6. The SMILES string of the molecule is C=C(CO)[C@H]1C[C@H](OC(=O)CC(C)C)[C@@](C)(O)[C@H]1CO[C@@H]1O[C@H](CO)[C@@H](O)[C@H](O)[C@H]1O. The second-order valence-corrected chi connectivity index (χ2v) is 9.10. The minimum Gasteiger partial charge on any atom is -0.459 e. The van der Waals surface area contributed by atoms with Crippen LogP contribution in [0.5, 0.6) is 0 Å². The molecule has 0 amide bonds. The molecule has 0 aromatic carbocycles. The maximum atomic E-state index is 12.2. The second-order valence-electron chi connectivity index (χ2n) is 9.10. The zero-order valence-electron chi connectivity index (χ0n) is 18.3. The number of aliphatic hydroxyl groups excluding tert-OH is 5. The van der Waals surface area contributed by atoms with Crippen LogP contribution >= 0.6 is 0 Å². The molecule has 0 unspecified atom stereocenters. The number of esters is 1. The number of ether oxygens (including phenoxy) is 3. The first-order valence-electron chi connectivity index (χ1n) is 10.6. The Morgan fingerprint density at radius 3 is 2.39 bits per heavy atom. The predicted octanol–water partition coefficient (Wildman–Crippen LogP) is -1.30. The van der Waals surface area contributed by atoms with E-state index in [9.17, 15) is 35.4 Å². The van der Waals surface area contributed by atoms with E-state index in [4.69, 9.17) is 14.2 Å². The summed E-state index contributed by atoms with van der Waals surface area (Å²) in [4.78, 5) is 12.2. The standard InChI is InChI=1S/C21H36O10/c1-10(2)5-16(24)31-15-6-12(11(3)7-22)13(21(15,4)28)9-29-20-19(27)18(26)17(25)14(8-23)30-20/h10,12-15,17-20,22-23,25-28H,3,5-9H2,1-2,4H3/t12-,13+,14-,15+,17-,18+,19-,20-,21+/m1/s1. The average Bonchev–Trinajstić information content (AvgIpc) is 2.94. The van der Waals surface area contributed by atoms with Gasteiger partial charge in [-0.1, -0.05) is 20.4 Å². The van der Waals surface area contributed by atoms with Gasteiger partial charge in [-0.2, -0.15) is 0 Å². The molecule has 0 spiro atoms. The molecule has 0 aromatic heterocycles. The van der Waals surface area contributed by atoms with Gasteiger partial charge in [0.15, 0.2) is 6.29 Å². The predicted molar refractivity (Wildman–Crippen MR) is 108 cm³/mol. The topological polar surface area (TPSA) is 166 Å². The summed E-state index contributed by atoms with van der Waals surface area (Å²) in [7, 11) is 0. The Kier molecular flexibility index (Phi) is 9.00. The molecule has 1 saturated heterocycles. The zero-order chi connectivity index (χ0) is 23.5. The largest absolute Gasteiger partial charge is 0.459 e. The van der Waals surface area contributed by atoms with Crippen molar-refractivity contribution in [2.24, 2.45) is 17.8 Å².